The largest absolute Gasteiger partial charge is 0.478 e. The SMILES string of the molecule is CCOc1ncccc1CNC(=O)[C@H]1CCCCN1S(C)(=O)=O. The Balaban J connectivity index is 2.04. The molecule has 0 bridgehead atoms. The lowest BCUT2D eigenvalue weighted by molar-refractivity contribution is -0.125. The van der Waals surface area contributed by atoms with Crippen LogP contribution in [0.3, 0.4) is 0 Å². The normalized spacial score (nSPS) is 19.3. The topological polar surface area (TPSA) is 88.6 Å². The van der Waals surface area contributed by atoms with Crippen LogP contribution in [0.15, 0.2) is 18.3 Å². The van der Waals surface area contributed by atoms with Gasteiger partial charge in [0.15, 0.2) is 0 Å². The molecule has 1 atom stereocenters. The molecule has 2 heterocycles. The van der Waals surface area contributed by atoms with Crippen LogP contribution < -0.4 is 10.1 Å². The van der Waals surface area contributed by atoms with Crippen LogP contribution in [0.5, 0.6) is 5.88 Å². The van der Waals surface area contributed by atoms with E-state index in [1.165, 1.54) is 4.31 Å². The van der Waals surface area contributed by atoms with Gasteiger partial charge in [-0.3, -0.25) is 4.79 Å². The van der Waals surface area contributed by atoms with Gasteiger partial charge in [-0.05, 0) is 25.8 Å². The van der Waals surface area contributed by atoms with Gasteiger partial charge in [-0.15, -0.1) is 0 Å². The number of hydrogen-bond acceptors (Lipinski definition) is 5. The molecule has 128 valence electrons. The maximum absolute atomic E-state index is 12.4. The van der Waals surface area contributed by atoms with Gasteiger partial charge in [0.25, 0.3) is 0 Å². The molecule has 1 N–H and O–H groups in total. The first kappa shape index (κ1) is 17.7. The third-order valence-electron chi connectivity index (χ3n) is 3.77. The van der Waals surface area contributed by atoms with Crippen molar-refractivity contribution in [2.45, 2.75) is 38.8 Å². The Labute approximate surface area is 137 Å². The molecule has 1 aromatic heterocycles. The van der Waals surface area contributed by atoms with Crippen LogP contribution in [-0.4, -0.2) is 49.1 Å². The predicted octanol–water partition coefficient (Wildman–Crippen LogP) is 0.911. The molecule has 1 fully saturated rings. The molecule has 7 nitrogen and oxygen atoms in total. The minimum absolute atomic E-state index is 0.260. The summed E-state index contributed by atoms with van der Waals surface area (Å²) in [5, 5.41) is 2.80. The number of nitrogens with zero attached hydrogens (tertiary/aromatic N) is 2. The first-order valence-corrected chi connectivity index (χ1v) is 9.59. The average molecular weight is 341 g/mol. The van der Waals surface area contributed by atoms with E-state index in [0.717, 1.165) is 24.7 Å². The molecule has 1 aliphatic rings. The summed E-state index contributed by atoms with van der Waals surface area (Å²) in [6.07, 6.45) is 4.95. The van der Waals surface area contributed by atoms with Crippen LogP contribution in [-0.2, 0) is 21.4 Å². The number of nitrogens with one attached hydrogen (secondary N) is 1. The molecule has 23 heavy (non-hydrogen) atoms. The zero-order chi connectivity index (χ0) is 16.9. The number of hydrogen-bond donors (Lipinski definition) is 1. The molecule has 0 unspecified atom stereocenters. The summed E-state index contributed by atoms with van der Waals surface area (Å²) in [6, 6.07) is 2.96. The van der Waals surface area contributed by atoms with Crippen LogP contribution in [0.25, 0.3) is 0 Å². The summed E-state index contributed by atoms with van der Waals surface area (Å²) in [5.74, 6) is 0.209. The predicted molar refractivity (Wildman–Crippen MR) is 86.4 cm³/mol. The molecule has 0 radical (unpaired) electrons. The number of piperidine rings is 1. The summed E-state index contributed by atoms with van der Waals surface area (Å²) in [6.45, 7) is 3.01. The number of carbonyl (C=O) groups is 1. The maximum atomic E-state index is 12.4. The van der Waals surface area contributed by atoms with Crippen molar-refractivity contribution in [3.05, 3.63) is 23.9 Å². The summed E-state index contributed by atoms with van der Waals surface area (Å²) >= 11 is 0. The lowest BCUT2D eigenvalue weighted by Gasteiger charge is -2.32. The second kappa shape index (κ2) is 7.74. The Hall–Kier alpha value is -1.67. The van der Waals surface area contributed by atoms with Gasteiger partial charge in [0.1, 0.15) is 6.04 Å². The fraction of sp³-hybridized carbons (Fsp3) is 0.600. The fourth-order valence-electron chi connectivity index (χ4n) is 2.69. The highest BCUT2D eigenvalue weighted by Gasteiger charge is 2.34. The highest BCUT2D eigenvalue weighted by molar-refractivity contribution is 7.88. The second-order valence-electron chi connectivity index (χ2n) is 5.50. The molecule has 0 aliphatic carbocycles. The average Bonchev–Trinajstić information content (AvgIpc) is 2.53. The Kier molecular flexibility index (Phi) is 5.95. The molecule has 8 heteroatoms. The molecule has 1 saturated heterocycles. The summed E-state index contributed by atoms with van der Waals surface area (Å²) in [4.78, 5) is 16.6. The van der Waals surface area contributed by atoms with E-state index in [0.29, 0.717) is 25.5 Å². The van der Waals surface area contributed by atoms with Crippen molar-refractivity contribution in [3.63, 3.8) is 0 Å². The number of carbonyl (C=O) groups excluding carboxylic acids is 1. The Bertz CT molecular complexity index is 648. The molecule has 1 aromatic rings. The van der Waals surface area contributed by atoms with Crippen molar-refractivity contribution in [1.82, 2.24) is 14.6 Å². The maximum Gasteiger partial charge on any atom is 0.238 e. The Morgan fingerprint density at radius 1 is 1.48 bits per heavy atom. The van der Waals surface area contributed by atoms with Crippen molar-refractivity contribution < 1.29 is 17.9 Å². The zero-order valence-corrected chi connectivity index (χ0v) is 14.3. The number of sulfonamides is 1. The van der Waals surface area contributed by atoms with Gasteiger partial charge in [-0.1, -0.05) is 12.5 Å². The van der Waals surface area contributed by atoms with E-state index in [-0.39, 0.29) is 12.5 Å². The van der Waals surface area contributed by atoms with Crippen molar-refractivity contribution in [1.29, 1.82) is 0 Å². The molecule has 1 amide bonds. The Morgan fingerprint density at radius 3 is 2.96 bits per heavy atom. The van der Waals surface area contributed by atoms with Crippen LogP contribution in [0.2, 0.25) is 0 Å². The lowest BCUT2D eigenvalue weighted by Crippen LogP contribution is -2.51. The Morgan fingerprint density at radius 2 is 2.26 bits per heavy atom. The van der Waals surface area contributed by atoms with E-state index in [1.807, 2.05) is 13.0 Å². The van der Waals surface area contributed by atoms with Crippen LogP contribution >= 0.6 is 0 Å². The first-order valence-electron chi connectivity index (χ1n) is 7.74. The van der Waals surface area contributed by atoms with E-state index in [2.05, 4.69) is 10.3 Å². The first-order chi connectivity index (χ1) is 10.9. The quantitative estimate of drug-likeness (QED) is 0.831. The van der Waals surface area contributed by atoms with Gasteiger partial charge >= 0.3 is 0 Å². The van der Waals surface area contributed by atoms with Crippen molar-refractivity contribution >= 4 is 15.9 Å². The number of aromatic nitrogens is 1. The monoisotopic (exact) mass is 341 g/mol. The molecular weight excluding hydrogens is 318 g/mol. The molecule has 2 rings (SSSR count). The van der Waals surface area contributed by atoms with Gasteiger partial charge in [-0.25, -0.2) is 13.4 Å². The number of pyridine rings is 1. The van der Waals surface area contributed by atoms with Gasteiger partial charge in [0.2, 0.25) is 21.8 Å². The standard InChI is InChI=1S/C15H23N3O4S/c1-3-22-15-12(7-6-9-16-15)11-17-14(19)13-8-4-5-10-18(13)23(2,20)21/h6-7,9,13H,3-5,8,10-11H2,1-2H3,(H,17,19)/t13-/m1/s1. The minimum atomic E-state index is -3.38. The number of rotatable bonds is 6. The van der Waals surface area contributed by atoms with E-state index in [9.17, 15) is 13.2 Å². The molecule has 1 aliphatic heterocycles. The number of ether oxygens (including phenoxy) is 1. The minimum Gasteiger partial charge on any atom is -0.478 e. The van der Waals surface area contributed by atoms with Crippen LogP contribution in [0.1, 0.15) is 31.7 Å². The van der Waals surface area contributed by atoms with Crippen LogP contribution in [0, 0.1) is 0 Å². The van der Waals surface area contributed by atoms with E-state index in [4.69, 9.17) is 4.74 Å². The molecule has 0 spiro atoms. The number of amides is 1. The third kappa shape index (κ3) is 4.65. The molecule has 0 aromatic carbocycles. The highest BCUT2D eigenvalue weighted by atomic mass is 32.2. The molecule has 0 saturated carbocycles. The van der Waals surface area contributed by atoms with Gasteiger partial charge in [-0.2, -0.15) is 4.31 Å². The van der Waals surface area contributed by atoms with Gasteiger partial charge in [0, 0.05) is 24.8 Å². The summed E-state index contributed by atoms with van der Waals surface area (Å²) in [5.41, 5.74) is 0.768. The highest BCUT2D eigenvalue weighted by Crippen LogP contribution is 2.20. The van der Waals surface area contributed by atoms with E-state index >= 15 is 0 Å². The van der Waals surface area contributed by atoms with Crippen molar-refractivity contribution in [2.75, 3.05) is 19.4 Å². The summed E-state index contributed by atoms with van der Waals surface area (Å²) in [7, 11) is -3.38. The third-order valence-corrected chi connectivity index (χ3v) is 5.06. The zero-order valence-electron chi connectivity index (χ0n) is 13.5. The van der Waals surface area contributed by atoms with Gasteiger partial charge in [0.05, 0.1) is 12.9 Å². The van der Waals surface area contributed by atoms with E-state index < -0.39 is 16.1 Å². The second-order valence-corrected chi connectivity index (χ2v) is 7.44. The smallest absolute Gasteiger partial charge is 0.238 e. The lowest BCUT2D eigenvalue weighted by atomic mass is 10.0. The fourth-order valence-corrected chi connectivity index (χ4v) is 3.81. The van der Waals surface area contributed by atoms with Gasteiger partial charge < -0.3 is 10.1 Å². The van der Waals surface area contributed by atoms with Crippen LogP contribution in [0.4, 0.5) is 0 Å². The van der Waals surface area contributed by atoms with Crippen molar-refractivity contribution in [3.8, 4) is 5.88 Å². The summed E-state index contributed by atoms with van der Waals surface area (Å²) < 4.78 is 30.4. The van der Waals surface area contributed by atoms with Crippen molar-refractivity contribution in [2.24, 2.45) is 0 Å². The molecular formula is C15H23N3O4S. The van der Waals surface area contributed by atoms with E-state index in [1.54, 1.807) is 12.3 Å².